The van der Waals surface area contributed by atoms with Crippen LogP contribution in [0.5, 0.6) is 0 Å². The van der Waals surface area contributed by atoms with E-state index in [1.54, 1.807) is 0 Å². The molecule has 2 unspecified atom stereocenters. The first-order valence-electron chi connectivity index (χ1n) is 7.81. The van der Waals surface area contributed by atoms with E-state index in [2.05, 4.69) is 16.3 Å². The topological polar surface area (TPSA) is 32.3 Å². The van der Waals surface area contributed by atoms with Crippen molar-refractivity contribution in [2.45, 2.75) is 25.7 Å². The largest absolute Gasteiger partial charge is 0.338 e. The van der Waals surface area contributed by atoms with Gasteiger partial charge in [0.15, 0.2) is 0 Å². The molecule has 1 saturated heterocycles. The molecule has 2 atom stereocenters. The van der Waals surface area contributed by atoms with Gasteiger partial charge in [0.1, 0.15) is 0 Å². The van der Waals surface area contributed by atoms with Crippen LogP contribution in [-0.4, -0.2) is 37.5 Å². The highest BCUT2D eigenvalue weighted by Crippen LogP contribution is 2.38. The normalized spacial score (nSPS) is 24.9. The first kappa shape index (κ1) is 13.6. The summed E-state index contributed by atoms with van der Waals surface area (Å²) in [6.07, 6.45) is 4.90. The summed E-state index contributed by atoms with van der Waals surface area (Å²) >= 11 is 0. The van der Waals surface area contributed by atoms with E-state index in [1.807, 2.05) is 25.2 Å². The maximum absolute atomic E-state index is 12.8. The zero-order valence-corrected chi connectivity index (χ0v) is 12.3. The van der Waals surface area contributed by atoms with Crippen LogP contribution in [0.1, 0.15) is 35.2 Å². The molecule has 1 saturated carbocycles. The molecule has 108 valence electrons. The summed E-state index contributed by atoms with van der Waals surface area (Å²) in [4.78, 5) is 14.9. The van der Waals surface area contributed by atoms with Gasteiger partial charge >= 0.3 is 0 Å². The van der Waals surface area contributed by atoms with E-state index < -0.39 is 0 Å². The lowest BCUT2D eigenvalue weighted by Crippen LogP contribution is -2.30. The molecule has 1 heterocycles. The van der Waals surface area contributed by atoms with E-state index >= 15 is 0 Å². The summed E-state index contributed by atoms with van der Waals surface area (Å²) in [5, 5.41) is 3.16. The average Bonchev–Trinajstić information content (AvgIpc) is 3.06. The molecule has 1 aromatic rings. The molecule has 0 spiro atoms. The second-order valence-corrected chi connectivity index (χ2v) is 6.17. The molecule has 3 rings (SSSR count). The quantitative estimate of drug-likeness (QED) is 0.912. The molecule has 1 aliphatic carbocycles. The van der Waals surface area contributed by atoms with Gasteiger partial charge in [0.05, 0.1) is 0 Å². The summed E-state index contributed by atoms with van der Waals surface area (Å²) in [5.74, 6) is 1.78. The monoisotopic (exact) mass is 272 g/mol. The van der Waals surface area contributed by atoms with Crippen molar-refractivity contribution < 1.29 is 4.79 Å². The minimum absolute atomic E-state index is 0.242. The molecule has 3 heteroatoms. The Kier molecular flexibility index (Phi) is 4.06. The van der Waals surface area contributed by atoms with Gasteiger partial charge < -0.3 is 10.2 Å². The Labute approximate surface area is 121 Å². The highest BCUT2D eigenvalue weighted by Gasteiger charge is 2.38. The molecule has 1 aromatic carbocycles. The Morgan fingerprint density at radius 3 is 2.65 bits per heavy atom. The zero-order valence-electron chi connectivity index (χ0n) is 12.3. The maximum atomic E-state index is 12.8. The van der Waals surface area contributed by atoms with E-state index in [-0.39, 0.29) is 5.91 Å². The predicted octanol–water partition coefficient (Wildman–Crippen LogP) is 2.32. The molecule has 0 radical (unpaired) electrons. The lowest BCUT2D eigenvalue weighted by atomic mass is 10.0. The Morgan fingerprint density at radius 1 is 1.25 bits per heavy atom. The third-order valence-corrected chi connectivity index (χ3v) is 4.91. The van der Waals surface area contributed by atoms with Crippen LogP contribution in [0.25, 0.3) is 0 Å². The Balaban J connectivity index is 1.74. The minimum atomic E-state index is 0.242. The van der Waals surface area contributed by atoms with Gasteiger partial charge in [0.25, 0.3) is 5.91 Å². The number of benzene rings is 1. The summed E-state index contributed by atoms with van der Waals surface area (Å²) in [7, 11) is 1.95. The fourth-order valence-corrected chi connectivity index (χ4v) is 3.78. The molecule has 0 bridgehead atoms. The molecule has 3 nitrogen and oxygen atoms in total. The van der Waals surface area contributed by atoms with Gasteiger partial charge in [-0.25, -0.2) is 0 Å². The highest BCUT2D eigenvalue weighted by atomic mass is 16.2. The standard InChI is InChI=1S/C17H24N2O/c1-18-10-9-13-5-2-3-8-16(13)17(20)19-11-14-6-4-7-15(14)12-19/h2-3,5,8,14-15,18H,4,6-7,9-12H2,1H3. The fourth-order valence-electron chi connectivity index (χ4n) is 3.78. The van der Waals surface area contributed by atoms with Crippen LogP contribution in [0.15, 0.2) is 24.3 Å². The number of likely N-dealkylation sites (N-methyl/N-ethyl adjacent to an activating group) is 1. The van der Waals surface area contributed by atoms with Gasteiger partial charge in [0.2, 0.25) is 0 Å². The molecule has 0 aromatic heterocycles. The van der Waals surface area contributed by atoms with Gasteiger partial charge in [-0.3, -0.25) is 4.79 Å². The highest BCUT2D eigenvalue weighted by molar-refractivity contribution is 5.96. The number of amides is 1. The molecule has 20 heavy (non-hydrogen) atoms. The number of likely N-dealkylation sites (tertiary alicyclic amines) is 1. The van der Waals surface area contributed by atoms with E-state index in [9.17, 15) is 4.79 Å². The van der Waals surface area contributed by atoms with Crippen molar-refractivity contribution >= 4 is 5.91 Å². The zero-order chi connectivity index (χ0) is 13.9. The van der Waals surface area contributed by atoms with Gasteiger partial charge in [-0.2, -0.15) is 0 Å². The van der Waals surface area contributed by atoms with Crippen LogP contribution >= 0.6 is 0 Å². The molecule has 1 aliphatic heterocycles. The van der Waals surface area contributed by atoms with Gasteiger partial charge in [-0.1, -0.05) is 24.6 Å². The Hall–Kier alpha value is -1.35. The van der Waals surface area contributed by atoms with Crippen LogP contribution in [0.4, 0.5) is 0 Å². The second kappa shape index (κ2) is 5.96. The molecule has 1 N–H and O–H groups in total. The van der Waals surface area contributed by atoms with Crippen LogP contribution in [0.3, 0.4) is 0 Å². The summed E-state index contributed by atoms with van der Waals surface area (Å²) in [6.45, 7) is 2.86. The smallest absolute Gasteiger partial charge is 0.254 e. The number of fused-ring (bicyclic) bond motifs is 1. The van der Waals surface area contributed by atoms with Crippen molar-refractivity contribution in [2.75, 3.05) is 26.7 Å². The average molecular weight is 272 g/mol. The van der Waals surface area contributed by atoms with Crippen LogP contribution in [0, 0.1) is 11.8 Å². The van der Waals surface area contributed by atoms with Gasteiger partial charge in [-0.05, 0) is 56.3 Å². The maximum Gasteiger partial charge on any atom is 0.254 e. The number of hydrogen-bond acceptors (Lipinski definition) is 2. The number of carbonyl (C=O) groups is 1. The van der Waals surface area contributed by atoms with Crippen molar-refractivity contribution in [2.24, 2.45) is 11.8 Å². The van der Waals surface area contributed by atoms with Crippen LogP contribution in [0.2, 0.25) is 0 Å². The number of nitrogens with one attached hydrogen (secondary N) is 1. The Morgan fingerprint density at radius 2 is 1.95 bits per heavy atom. The Bertz CT molecular complexity index is 474. The third-order valence-electron chi connectivity index (χ3n) is 4.91. The fraction of sp³-hybridized carbons (Fsp3) is 0.588. The summed E-state index contributed by atoms with van der Waals surface area (Å²) in [5.41, 5.74) is 2.08. The number of nitrogens with zero attached hydrogens (tertiary/aromatic N) is 1. The van der Waals surface area contributed by atoms with Crippen molar-refractivity contribution in [3.05, 3.63) is 35.4 Å². The molecular weight excluding hydrogens is 248 g/mol. The summed E-state index contributed by atoms with van der Waals surface area (Å²) in [6, 6.07) is 8.08. The molecule has 2 aliphatic rings. The molecular formula is C17H24N2O. The van der Waals surface area contributed by atoms with Crippen LogP contribution < -0.4 is 5.32 Å². The second-order valence-electron chi connectivity index (χ2n) is 6.17. The predicted molar refractivity (Wildman–Crippen MR) is 80.8 cm³/mol. The first-order chi connectivity index (χ1) is 9.79. The van der Waals surface area contributed by atoms with Crippen molar-refractivity contribution in [3.63, 3.8) is 0 Å². The molecule has 2 fully saturated rings. The number of carbonyl (C=O) groups excluding carboxylic acids is 1. The summed E-state index contributed by atoms with van der Waals surface area (Å²) < 4.78 is 0. The van der Waals surface area contributed by atoms with Gasteiger partial charge in [-0.15, -0.1) is 0 Å². The van der Waals surface area contributed by atoms with E-state index in [1.165, 1.54) is 24.8 Å². The van der Waals surface area contributed by atoms with E-state index in [0.717, 1.165) is 43.5 Å². The first-order valence-corrected chi connectivity index (χ1v) is 7.81. The minimum Gasteiger partial charge on any atom is -0.338 e. The molecule has 1 amide bonds. The van der Waals surface area contributed by atoms with Crippen LogP contribution in [-0.2, 0) is 6.42 Å². The third kappa shape index (κ3) is 2.59. The lowest BCUT2D eigenvalue weighted by molar-refractivity contribution is 0.0779. The SMILES string of the molecule is CNCCc1ccccc1C(=O)N1CC2CCCC2C1. The van der Waals surface area contributed by atoms with Crippen molar-refractivity contribution in [3.8, 4) is 0 Å². The van der Waals surface area contributed by atoms with Crippen molar-refractivity contribution in [1.29, 1.82) is 0 Å². The van der Waals surface area contributed by atoms with Crippen molar-refractivity contribution in [1.82, 2.24) is 10.2 Å². The number of hydrogen-bond donors (Lipinski definition) is 1. The lowest BCUT2D eigenvalue weighted by Gasteiger charge is -2.19. The van der Waals surface area contributed by atoms with Gasteiger partial charge in [0, 0.05) is 18.7 Å². The number of rotatable bonds is 4. The van der Waals surface area contributed by atoms with E-state index in [0.29, 0.717) is 0 Å². The van der Waals surface area contributed by atoms with E-state index in [4.69, 9.17) is 0 Å².